The van der Waals surface area contributed by atoms with E-state index in [4.69, 9.17) is 0 Å². The molecule has 0 spiro atoms. The van der Waals surface area contributed by atoms with Crippen LogP contribution in [0.4, 0.5) is 5.69 Å². The van der Waals surface area contributed by atoms with Crippen molar-refractivity contribution in [2.24, 2.45) is 0 Å². The Morgan fingerprint density at radius 2 is 1.95 bits per heavy atom. The summed E-state index contributed by atoms with van der Waals surface area (Å²) in [6, 6.07) is 10.7. The van der Waals surface area contributed by atoms with Gasteiger partial charge in [0, 0.05) is 15.8 Å². The quantitative estimate of drug-likeness (QED) is 0.694. The van der Waals surface area contributed by atoms with Gasteiger partial charge in [-0.2, -0.15) is 0 Å². The van der Waals surface area contributed by atoms with Crippen LogP contribution in [0.2, 0.25) is 0 Å². The highest BCUT2D eigenvalue weighted by molar-refractivity contribution is 7.12. The first-order valence-electron chi connectivity index (χ1n) is 6.33. The number of hydrogen-bond donors (Lipinski definition) is 1. The van der Waals surface area contributed by atoms with Crippen LogP contribution in [0.5, 0.6) is 0 Å². The standard InChI is InChI=1S/C16H15NO3S/c1-11-7-8-12(21-11)9-10-15(18)17-14-6-4-3-5-13(14)16(19)20-2/h3-10H,1-2H3,(H,17,18)/b10-9+. The minimum atomic E-state index is -0.483. The third-order valence-electron chi connectivity index (χ3n) is 2.75. The van der Waals surface area contributed by atoms with E-state index in [0.29, 0.717) is 11.3 Å². The number of anilines is 1. The molecule has 1 amide bonds. The van der Waals surface area contributed by atoms with Crippen molar-refractivity contribution in [2.75, 3.05) is 12.4 Å². The number of hydrogen-bond acceptors (Lipinski definition) is 4. The van der Waals surface area contributed by atoms with Crippen molar-refractivity contribution in [3.05, 3.63) is 57.8 Å². The Balaban J connectivity index is 2.09. The summed E-state index contributed by atoms with van der Waals surface area (Å²) in [5, 5.41) is 2.68. The first-order chi connectivity index (χ1) is 10.1. The number of methoxy groups -OCH3 is 1. The van der Waals surface area contributed by atoms with Crippen LogP contribution in [0.1, 0.15) is 20.1 Å². The maximum atomic E-state index is 11.9. The Morgan fingerprint density at radius 1 is 1.19 bits per heavy atom. The van der Waals surface area contributed by atoms with Crippen molar-refractivity contribution < 1.29 is 14.3 Å². The lowest BCUT2D eigenvalue weighted by atomic mass is 10.2. The highest BCUT2D eigenvalue weighted by Crippen LogP contribution is 2.18. The normalized spacial score (nSPS) is 10.6. The molecule has 21 heavy (non-hydrogen) atoms. The average Bonchev–Trinajstić information content (AvgIpc) is 2.90. The van der Waals surface area contributed by atoms with Gasteiger partial charge in [-0.05, 0) is 37.3 Å². The lowest BCUT2D eigenvalue weighted by Gasteiger charge is -2.07. The number of carbonyl (C=O) groups is 2. The summed E-state index contributed by atoms with van der Waals surface area (Å²) in [6.07, 6.45) is 3.19. The molecule has 4 nitrogen and oxygen atoms in total. The van der Waals surface area contributed by atoms with Crippen LogP contribution in [-0.4, -0.2) is 19.0 Å². The van der Waals surface area contributed by atoms with E-state index < -0.39 is 5.97 Å². The molecule has 1 heterocycles. The number of carbonyl (C=O) groups excluding carboxylic acids is 2. The number of benzene rings is 1. The van der Waals surface area contributed by atoms with Gasteiger partial charge in [-0.1, -0.05) is 12.1 Å². The lowest BCUT2D eigenvalue weighted by molar-refractivity contribution is -0.111. The third kappa shape index (κ3) is 4.03. The van der Waals surface area contributed by atoms with Crippen molar-refractivity contribution >= 4 is 35.0 Å². The summed E-state index contributed by atoms with van der Waals surface area (Å²) in [7, 11) is 1.31. The predicted molar refractivity (Wildman–Crippen MR) is 84.5 cm³/mol. The summed E-state index contributed by atoms with van der Waals surface area (Å²) in [5.41, 5.74) is 0.759. The Hall–Kier alpha value is -2.40. The van der Waals surface area contributed by atoms with E-state index in [1.807, 2.05) is 19.1 Å². The van der Waals surface area contributed by atoms with Gasteiger partial charge in [0.25, 0.3) is 0 Å². The van der Waals surface area contributed by atoms with Gasteiger partial charge in [-0.25, -0.2) is 4.79 Å². The Kier molecular flexibility index (Phi) is 4.90. The molecule has 0 aliphatic carbocycles. The second-order valence-corrected chi connectivity index (χ2v) is 5.63. The van der Waals surface area contributed by atoms with Crippen LogP contribution >= 0.6 is 11.3 Å². The maximum absolute atomic E-state index is 11.9. The summed E-state index contributed by atoms with van der Waals surface area (Å²) < 4.78 is 4.68. The fourth-order valence-electron chi connectivity index (χ4n) is 1.76. The van der Waals surface area contributed by atoms with Crippen LogP contribution in [0, 0.1) is 6.92 Å². The molecular formula is C16H15NO3S. The predicted octanol–water partition coefficient (Wildman–Crippen LogP) is 3.50. The molecule has 0 radical (unpaired) electrons. The van der Waals surface area contributed by atoms with Gasteiger partial charge in [0.15, 0.2) is 0 Å². The molecule has 0 saturated carbocycles. The van der Waals surface area contributed by atoms with Crippen LogP contribution in [0.3, 0.4) is 0 Å². The lowest BCUT2D eigenvalue weighted by Crippen LogP contribution is -2.12. The number of para-hydroxylation sites is 1. The maximum Gasteiger partial charge on any atom is 0.339 e. The van der Waals surface area contributed by atoms with Gasteiger partial charge in [-0.3, -0.25) is 4.79 Å². The van der Waals surface area contributed by atoms with Crippen molar-refractivity contribution in [1.29, 1.82) is 0 Å². The molecule has 0 saturated heterocycles. The zero-order valence-electron chi connectivity index (χ0n) is 11.8. The minimum absolute atomic E-state index is 0.294. The Labute approximate surface area is 127 Å². The monoisotopic (exact) mass is 301 g/mol. The molecular weight excluding hydrogens is 286 g/mol. The molecule has 1 aromatic carbocycles. The summed E-state index contributed by atoms with van der Waals surface area (Å²) >= 11 is 1.61. The Morgan fingerprint density at radius 3 is 2.62 bits per heavy atom. The van der Waals surface area contributed by atoms with Crippen LogP contribution in [0.25, 0.3) is 6.08 Å². The smallest absolute Gasteiger partial charge is 0.339 e. The van der Waals surface area contributed by atoms with Crippen LogP contribution in [0.15, 0.2) is 42.5 Å². The molecule has 0 aliphatic heterocycles. The van der Waals surface area contributed by atoms with E-state index in [2.05, 4.69) is 10.1 Å². The average molecular weight is 301 g/mol. The van der Waals surface area contributed by atoms with E-state index in [1.54, 1.807) is 41.7 Å². The molecule has 1 N–H and O–H groups in total. The van der Waals surface area contributed by atoms with E-state index in [1.165, 1.54) is 18.1 Å². The van der Waals surface area contributed by atoms with E-state index in [0.717, 1.165) is 4.88 Å². The van der Waals surface area contributed by atoms with Crippen molar-refractivity contribution in [1.82, 2.24) is 0 Å². The number of rotatable bonds is 4. The highest BCUT2D eigenvalue weighted by atomic mass is 32.1. The SMILES string of the molecule is COC(=O)c1ccccc1NC(=O)/C=C/c1ccc(C)s1. The van der Waals surface area contributed by atoms with Crippen molar-refractivity contribution in [3.63, 3.8) is 0 Å². The number of ether oxygens (including phenoxy) is 1. The van der Waals surface area contributed by atoms with E-state index in [9.17, 15) is 9.59 Å². The van der Waals surface area contributed by atoms with E-state index >= 15 is 0 Å². The molecule has 108 valence electrons. The first kappa shape index (κ1) is 15.0. The van der Waals surface area contributed by atoms with Crippen molar-refractivity contribution in [3.8, 4) is 0 Å². The molecule has 0 fully saturated rings. The number of esters is 1. The fourth-order valence-corrected chi connectivity index (χ4v) is 2.54. The summed E-state index contributed by atoms with van der Waals surface area (Å²) in [4.78, 5) is 25.7. The largest absolute Gasteiger partial charge is 0.465 e. The number of thiophene rings is 1. The third-order valence-corrected chi connectivity index (χ3v) is 3.72. The molecule has 2 aromatic rings. The molecule has 1 aromatic heterocycles. The second-order valence-electron chi connectivity index (χ2n) is 4.31. The zero-order valence-corrected chi connectivity index (χ0v) is 12.6. The topological polar surface area (TPSA) is 55.4 Å². The van der Waals surface area contributed by atoms with Crippen LogP contribution < -0.4 is 5.32 Å². The minimum Gasteiger partial charge on any atom is -0.465 e. The summed E-state index contributed by atoms with van der Waals surface area (Å²) in [5.74, 6) is -0.777. The number of aryl methyl sites for hydroxylation is 1. The number of amides is 1. The van der Waals surface area contributed by atoms with Crippen molar-refractivity contribution in [2.45, 2.75) is 6.92 Å². The van der Waals surface area contributed by atoms with E-state index in [-0.39, 0.29) is 5.91 Å². The molecule has 0 bridgehead atoms. The molecule has 0 atom stereocenters. The molecule has 0 aliphatic rings. The van der Waals surface area contributed by atoms with Gasteiger partial charge in [-0.15, -0.1) is 11.3 Å². The van der Waals surface area contributed by atoms with Gasteiger partial charge in [0.2, 0.25) is 5.91 Å². The summed E-state index contributed by atoms with van der Waals surface area (Å²) in [6.45, 7) is 2.01. The zero-order chi connectivity index (χ0) is 15.2. The van der Waals surface area contributed by atoms with Gasteiger partial charge in [0.05, 0.1) is 18.4 Å². The highest BCUT2D eigenvalue weighted by Gasteiger charge is 2.11. The number of nitrogens with one attached hydrogen (secondary N) is 1. The van der Waals surface area contributed by atoms with Crippen LogP contribution in [-0.2, 0) is 9.53 Å². The molecule has 2 rings (SSSR count). The Bertz CT molecular complexity index is 688. The molecule has 0 unspecified atom stereocenters. The van der Waals surface area contributed by atoms with Gasteiger partial charge >= 0.3 is 5.97 Å². The van der Waals surface area contributed by atoms with Gasteiger partial charge < -0.3 is 10.1 Å². The fraction of sp³-hybridized carbons (Fsp3) is 0.125. The first-order valence-corrected chi connectivity index (χ1v) is 7.14. The van der Waals surface area contributed by atoms with Gasteiger partial charge in [0.1, 0.15) is 0 Å². The second kappa shape index (κ2) is 6.85. The molecule has 5 heteroatoms.